The number of nitrogens with zero attached hydrogens (tertiary/aromatic N) is 3. The van der Waals surface area contributed by atoms with Crippen LogP contribution in [0.1, 0.15) is 0 Å². The average molecular weight is 303 g/mol. The molecule has 2 rings (SSSR count). The highest BCUT2D eigenvalue weighted by atomic mass is 35.5. The highest BCUT2D eigenvalue weighted by molar-refractivity contribution is 7.98. The summed E-state index contributed by atoms with van der Waals surface area (Å²) in [5, 5.41) is 12.9. The van der Waals surface area contributed by atoms with Gasteiger partial charge < -0.3 is 5.11 Å². The lowest BCUT2D eigenvalue weighted by molar-refractivity contribution is 0.475. The molecule has 1 aromatic heterocycles. The molecule has 0 radical (unpaired) electrons. The summed E-state index contributed by atoms with van der Waals surface area (Å²) < 4.78 is 4.17. The molecule has 0 aliphatic rings. The van der Waals surface area contributed by atoms with Crippen molar-refractivity contribution < 1.29 is 5.11 Å². The minimum absolute atomic E-state index is 0.0606. The van der Waals surface area contributed by atoms with Crippen molar-refractivity contribution in [3.05, 3.63) is 23.2 Å². The SMILES string of the molecule is CSc1nsc(N(C)Nc2ccc(O)c(Cl)c2)n1. The van der Waals surface area contributed by atoms with Crippen LogP contribution < -0.4 is 10.4 Å². The number of thioether (sulfide) groups is 1. The maximum absolute atomic E-state index is 9.33. The molecule has 18 heavy (non-hydrogen) atoms. The normalized spacial score (nSPS) is 10.4. The highest BCUT2D eigenvalue weighted by Crippen LogP contribution is 2.27. The first kappa shape index (κ1) is 13.3. The maximum atomic E-state index is 9.33. The second-order valence-electron chi connectivity index (χ2n) is 3.40. The van der Waals surface area contributed by atoms with E-state index in [-0.39, 0.29) is 5.75 Å². The quantitative estimate of drug-likeness (QED) is 0.514. The van der Waals surface area contributed by atoms with Crippen molar-refractivity contribution in [2.45, 2.75) is 5.16 Å². The predicted octanol–water partition coefficient (Wildman–Crippen LogP) is 3.08. The third-order valence-corrected chi connectivity index (χ3v) is 3.87. The zero-order chi connectivity index (χ0) is 13.1. The van der Waals surface area contributed by atoms with E-state index in [1.165, 1.54) is 29.4 Å². The fourth-order valence-electron chi connectivity index (χ4n) is 1.24. The lowest BCUT2D eigenvalue weighted by Gasteiger charge is -2.18. The Kier molecular flexibility index (Phi) is 4.15. The Morgan fingerprint density at radius 1 is 1.50 bits per heavy atom. The number of rotatable bonds is 4. The zero-order valence-corrected chi connectivity index (χ0v) is 12.1. The van der Waals surface area contributed by atoms with Gasteiger partial charge in [0.2, 0.25) is 10.3 Å². The first-order valence-corrected chi connectivity index (χ1v) is 7.34. The Balaban J connectivity index is 2.10. The van der Waals surface area contributed by atoms with E-state index < -0.39 is 0 Å². The van der Waals surface area contributed by atoms with Crippen LogP contribution in [0, 0.1) is 0 Å². The molecule has 5 nitrogen and oxygen atoms in total. The number of benzene rings is 1. The lowest BCUT2D eigenvalue weighted by atomic mass is 10.3. The van der Waals surface area contributed by atoms with Crippen LogP contribution in [0.5, 0.6) is 5.75 Å². The van der Waals surface area contributed by atoms with Crippen molar-refractivity contribution in [3.8, 4) is 5.75 Å². The first-order chi connectivity index (χ1) is 8.60. The van der Waals surface area contributed by atoms with Crippen LogP contribution in [-0.2, 0) is 0 Å². The Bertz CT molecular complexity index is 548. The molecule has 0 saturated heterocycles. The molecule has 1 aromatic carbocycles. The van der Waals surface area contributed by atoms with Crippen LogP contribution in [-0.4, -0.2) is 27.8 Å². The third kappa shape index (κ3) is 2.98. The number of aromatic nitrogens is 2. The van der Waals surface area contributed by atoms with Crippen molar-refractivity contribution in [2.24, 2.45) is 0 Å². The summed E-state index contributed by atoms with van der Waals surface area (Å²) in [6.45, 7) is 0. The fourth-order valence-corrected chi connectivity index (χ4v) is 2.56. The van der Waals surface area contributed by atoms with Crippen LogP contribution in [0.25, 0.3) is 0 Å². The van der Waals surface area contributed by atoms with Crippen molar-refractivity contribution in [1.29, 1.82) is 0 Å². The Labute approximate surface area is 118 Å². The van der Waals surface area contributed by atoms with E-state index in [0.29, 0.717) is 5.02 Å². The third-order valence-electron chi connectivity index (χ3n) is 2.11. The highest BCUT2D eigenvalue weighted by Gasteiger charge is 2.08. The van der Waals surface area contributed by atoms with Crippen molar-refractivity contribution in [1.82, 2.24) is 9.36 Å². The molecule has 96 valence electrons. The number of hydrogen-bond acceptors (Lipinski definition) is 7. The van der Waals surface area contributed by atoms with Crippen molar-refractivity contribution in [2.75, 3.05) is 23.7 Å². The number of phenolic OH excluding ortho intramolecular Hbond substituents is 1. The van der Waals surface area contributed by atoms with Crippen LogP contribution in [0.3, 0.4) is 0 Å². The number of anilines is 2. The van der Waals surface area contributed by atoms with Gasteiger partial charge in [-0.2, -0.15) is 9.36 Å². The van der Waals surface area contributed by atoms with Crippen LogP contribution in [0.2, 0.25) is 5.02 Å². The molecule has 0 unspecified atom stereocenters. The predicted molar refractivity (Wildman–Crippen MR) is 76.8 cm³/mol. The molecule has 1 heterocycles. The zero-order valence-electron chi connectivity index (χ0n) is 9.72. The summed E-state index contributed by atoms with van der Waals surface area (Å²) in [7, 11) is 1.84. The summed E-state index contributed by atoms with van der Waals surface area (Å²) in [4.78, 5) is 4.32. The van der Waals surface area contributed by atoms with E-state index in [0.717, 1.165) is 16.0 Å². The number of halogens is 1. The number of hydrazine groups is 1. The van der Waals surface area contributed by atoms with Crippen LogP contribution >= 0.6 is 34.9 Å². The monoisotopic (exact) mass is 302 g/mol. The first-order valence-electron chi connectivity index (χ1n) is 4.96. The van der Waals surface area contributed by atoms with Crippen LogP contribution in [0.15, 0.2) is 23.4 Å². The molecule has 0 aliphatic carbocycles. The summed E-state index contributed by atoms with van der Waals surface area (Å²) in [5.41, 5.74) is 3.87. The van der Waals surface area contributed by atoms with E-state index in [1.807, 2.05) is 13.3 Å². The van der Waals surface area contributed by atoms with Crippen molar-refractivity contribution in [3.63, 3.8) is 0 Å². The molecule has 2 aromatic rings. The summed E-state index contributed by atoms with van der Waals surface area (Å²) >= 11 is 8.64. The summed E-state index contributed by atoms with van der Waals surface area (Å²) in [5.74, 6) is 0.0606. The van der Waals surface area contributed by atoms with E-state index in [1.54, 1.807) is 17.1 Å². The topological polar surface area (TPSA) is 61.3 Å². The van der Waals surface area contributed by atoms with Gasteiger partial charge in [-0.3, -0.25) is 10.4 Å². The van der Waals surface area contributed by atoms with Gasteiger partial charge in [-0.05, 0) is 24.5 Å². The average Bonchev–Trinajstić information content (AvgIpc) is 2.82. The molecule has 2 N–H and O–H groups in total. The molecule has 0 atom stereocenters. The van der Waals surface area contributed by atoms with Gasteiger partial charge in [0.1, 0.15) is 5.75 Å². The largest absolute Gasteiger partial charge is 0.506 e. The lowest BCUT2D eigenvalue weighted by Crippen LogP contribution is -2.24. The second-order valence-corrected chi connectivity index (χ2v) is 5.31. The molecule has 0 saturated carbocycles. The number of aromatic hydroxyl groups is 1. The number of phenols is 1. The van der Waals surface area contributed by atoms with E-state index in [2.05, 4.69) is 14.8 Å². The Hall–Kier alpha value is -1.18. The van der Waals surface area contributed by atoms with Gasteiger partial charge in [-0.1, -0.05) is 23.4 Å². The van der Waals surface area contributed by atoms with Gasteiger partial charge in [-0.25, -0.2) is 0 Å². The van der Waals surface area contributed by atoms with E-state index in [9.17, 15) is 5.11 Å². The fraction of sp³-hybridized carbons (Fsp3) is 0.200. The van der Waals surface area contributed by atoms with Gasteiger partial charge >= 0.3 is 0 Å². The van der Waals surface area contributed by atoms with Gasteiger partial charge in [0.05, 0.1) is 10.7 Å². The van der Waals surface area contributed by atoms with Gasteiger partial charge in [0, 0.05) is 18.6 Å². The minimum Gasteiger partial charge on any atom is -0.506 e. The molecule has 0 bridgehead atoms. The van der Waals surface area contributed by atoms with Gasteiger partial charge in [0.25, 0.3) is 0 Å². The molecular formula is C10H11ClN4OS2. The van der Waals surface area contributed by atoms with E-state index >= 15 is 0 Å². The molecule has 0 fully saturated rings. The van der Waals surface area contributed by atoms with Gasteiger partial charge in [0.15, 0.2) is 0 Å². The van der Waals surface area contributed by atoms with Crippen molar-refractivity contribution >= 4 is 45.7 Å². The summed E-state index contributed by atoms with van der Waals surface area (Å²) in [6, 6.07) is 4.91. The Morgan fingerprint density at radius 3 is 2.89 bits per heavy atom. The number of hydrogen-bond donors (Lipinski definition) is 2. The number of nitrogens with one attached hydrogen (secondary N) is 1. The standard InChI is InChI=1S/C10H11ClN4OS2/c1-15(10-12-9(17-2)14-18-10)13-6-3-4-8(16)7(11)5-6/h3-5,13,16H,1-2H3. The minimum atomic E-state index is 0.0606. The summed E-state index contributed by atoms with van der Waals surface area (Å²) in [6.07, 6.45) is 1.93. The van der Waals surface area contributed by atoms with Gasteiger partial charge in [-0.15, -0.1) is 0 Å². The second kappa shape index (κ2) is 5.64. The smallest absolute Gasteiger partial charge is 0.224 e. The Morgan fingerprint density at radius 2 is 2.28 bits per heavy atom. The molecule has 0 spiro atoms. The van der Waals surface area contributed by atoms with E-state index in [4.69, 9.17) is 11.6 Å². The molecule has 0 aliphatic heterocycles. The molecular weight excluding hydrogens is 292 g/mol. The van der Waals surface area contributed by atoms with Crippen LogP contribution in [0.4, 0.5) is 10.8 Å². The molecule has 0 amide bonds. The molecule has 8 heteroatoms. The maximum Gasteiger partial charge on any atom is 0.224 e.